The van der Waals surface area contributed by atoms with Crippen molar-refractivity contribution in [3.05, 3.63) is 59.2 Å². The smallest absolute Gasteiger partial charge is 0.343 e. The Labute approximate surface area is 181 Å². The monoisotopic (exact) mass is 447 g/mol. The van der Waals surface area contributed by atoms with Crippen molar-refractivity contribution in [3.8, 4) is 5.75 Å². The first-order valence-electron chi connectivity index (χ1n) is 9.27. The molecule has 0 saturated carbocycles. The van der Waals surface area contributed by atoms with Crippen molar-refractivity contribution in [1.29, 1.82) is 0 Å². The van der Waals surface area contributed by atoms with Crippen LogP contribution in [0, 0.1) is 13.8 Å². The van der Waals surface area contributed by atoms with Gasteiger partial charge < -0.3 is 9.47 Å². The van der Waals surface area contributed by atoms with Gasteiger partial charge in [0, 0.05) is 0 Å². The zero-order valence-electron chi connectivity index (χ0n) is 17.8. The van der Waals surface area contributed by atoms with Gasteiger partial charge in [-0.05, 0) is 54.8 Å². The van der Waals surface area contributed by atoms with Gasteiger partial charge in [0.2, 0.25) is 10.0 Å². The second-order valence-corrected chi connectivity index (χ2v) is 8.64. The molecule has 166 valence electrons. The molecule has 0 aliphatic heterocycles. The van der Waals surface area contributed by atoms with Crippen LogP contribution in [-0.4, -0.2) is 53.0 Å². The average Bonchev–Trinajstić information content (AvgIpc) is 2.71. The maximum absolute atomic E-state index is 12.3. The maximum Gasteiger partial charge on any atom is 0.343 e. The number of nitrogens with one attached hydrogen (secondary N) is 1. The van der Waals surface area contributed by atoms with Crippen LogP contribution < -0.4 is 14.5 Å². The molecule has 0 radical (unpaired) electrons. The Morgan fingerprint density at radius 1 is 1.10 bits per heavy atom. The zero-order valence-corrected chi connectivity index (χ0v) is 18.6. The van der Waals surface area contributed by atoms with Gasteiger partial charge in [-0.2, -0.15) is 5.10 Å². The zero-order chi connectivity index (χ0) is 23.0. The highest BCUT2D eigenvalue weighted by Gasteiger charge is 2.23. The number of hydrazone groups is 1. The molecule has 0 saturated heterocycles. The van der Waals surface area contributed by atoms with E-state index in [0.29, 0.717) is 17.0 Å². The second kappa shape index (κ2) is 10.6. The van der Waals surface area contributed by atoms with Gasteiger partial charge in [-0.25, -0.2) is 18.6 Å². The molecule has 2 aromatic carbocycles. The number of anilines is 1. The predicted octanol–water partition coefficient (Wildman–Crippen LogP) is 1.77. The van der Waals surface area contributed by atoms with Gasteiger partial charge in [-0.3, -0.25) is 9.10 Å². The summed E-state index contributed by atoms with van der Waals surface area (Å²) in [5.74, 6) is -0.594. The molecule has 9 nitrogen and oxygen atoms in total. The Balaban J connectivity index is 2.01. The lowest BCUT2D eigenvalue weighted by Gasteiger charge is -2.25. The van der Waals surface area contributed by atoms with E-state index in [9.17, 15) is 18.0 Å². The van der Waals surface area contributed by atoms with Crippen molar-refractivity contribution in [1.82, 2.24) is 5.43 Å². The quantitative estimate of drug-likeness (QED) is 0.356. The number of methoxy groups -OCH3 is 1. The molecule has 2 aromatic rings. The summed E-state index contributed by atoms with van der Waals surface area (Å²) in [6, 6.07) is 12.0. The first-order valence-corrected chi connectivity index (χ1v) is 11.1. The Morgan fingerprint density at radius 2 is 1.71 bits per heavy atom. The number of hydrogen-bond donors (Lipinski definition) is 1. The highest BCUT2D eigenvalue weighted by atomic mass is 32.2. The SMILES string of the molecule is COC(=O)COc1ccc(/C=N\NC(=O)CN(c2c(C)cccc2C)S(C)(=O)=O)cc1. The van der Waals surface area contributed by atoms with Crippen molar-refractivity contribution in [2.75, 3.05) is 30.8 Å². The summed E-state index contributed by atoms with van der Waals surface area (Å²) in [7, 11) is -2.41. The molecular formula is C21H25N3O6S. The third-order valence-corrected chi connectivity index (χ3v) is 5.36. The number of hydrogen-bond acceptors (Lipinski definition) is 7. The number of carbonyl (C=O) groups excluding carboxylic acids is 2. The largest absolute Gasteiger partial charge is 0.482 e. The fourth-order valence-corrected chi connectivity index (χ4v) is 3.73. The predicted molar refractivity (Wildman–Crippen MR) is 118 cm³/mol. The normalized spacial score (nSPS) is 11.2. The number of aryl methyl sites for hydroxylation is 2. The summed E-state index contributed by atoms with van der Waals surface area (Å²) >= 11 is 0. The number of nitrogens with zero attached hydrogens (tertiary/aromatic N) is 2. The van der Waals surface area contributed by atoms with Gasteiger partial charge in [0.05, 0.1) is 25.3 Å². The van der Waals surface area contributed by atoms with Crippen LogP contribution in [0.2, 0.25) is 0 Å². The number of sulfonamides is 1. The van der Waals surface area contributed by atoms with Crippen molar-refractivity contribution in [3.63, 3.8) is 0 Å². The van der Waals surface area contributed by atoms with E-state index in [1.807, 2.05) is 6.07 Å². The van der Waals surface area contributed by atoms with E-state index < -0.39 is 28.4 Å². The van der Waals surface area contributed by atoms with Crippen LogP contribution in [0.5, 0.6) is 5.75 Å². The second-order valence-electron chi connectivity index (χ2n) is 6.74. The molecular weight excluding hydrogens is 422 g/mol. The Kier molecular flexibility index (Phi) is 8.14. The molecule has 0 unspecified atom stereocenters. The lowest BCUT2D eigenvalue weighted by molar-refractivity contribution is -0.142. The average molecular weight is 448 g/mol. The fraction of sp³-hybridized carbons (Fsp3) is 0.286. The summed E-state index contributed by atoms with van der Waals surface area (Å²) in [5, 5.41) is 3.87. The van der Waals surface area contributed by atoms with E-state index in [4.69, 9.17) is 4.74 Å². The fourth-order valence-electron chi connectivity index (χ4n) is 2.76. The van der Waals surface area contributed by atoms with E-state index in [1.54, 1.807) is 50.2 Å². The number of amides is 1. The Morgan fingerprint density at radius 3 is 2.26 bits per heavy atom. The molecule has 10 heteroatoms. The van der Waals surface area contributed by atoms with E-state index >= 15 is 0 Å². The molecule has 1 N–H and O–H groups in total. The first-order chi connectivity index (χ1) is 14.6. The van der Waals surface area contributed by atoms with Crippen molar-refractivity contribution < 1.29 is 27.5 Å². The van der Waals surface area contributed by atoms with Gasteiger partial charge >= 0.3 is 5.97 Å². The minimum Gasteiger partial charge on any atom is -0.482 e. The van der Waals surface area contributed by atoms with Gasteiger partial charge in [0.15, 0.2) is 6.61 Å². The lowest BCUT2D eigenvalue weighted by Crippen LogP contribution is -2.39. The number of ether oxygens (including phenoxy) is 2. The molecule has 0 bridgehead atoms. The van der Waals surface area contributed by atoms with Crippen molar-refractivity contribution >= 4 is 33.8 Å². The van der Waals surface area contributed by atoms with E-state index in [-0.39, 0.29) is 6.61 Å². The third-order valence-electron chi connectivity index (χ3n) is 4.24. The molecule has 0 spiro atoms. The van der Waals surface area contributed by atoms with Gasteiger partial charge in [0.25, 0.3) is 5.91 Å². The molecule has 1 amide bonds. The summed E-state index contributed by atoms with van der Waals surface area (Å²) in [6.45, 7) is 2.98. The number of esters is 1. The summed E-state index contributed by atoms with van der Waals surface area (Å²) in [5.41, 5.74) is 4.98. The first kappa shape index (κ1) is 23.9. The van der Waals surface area contributed by atoms with Crippen LogP contribution >= 0.6 is 0 Å². The van der Waals surface area contributed by atoms with Crippen molar-refractivity contribution in [2.45, 2.75) is 13.8 Å². The van der Waals surface area contributed by atoms with Gasteiger partial charge in [0.1, 0.15) is 12.3 Å². The highest BCUT2D eigenvalue weighted by molar-refractivity contribution is 7.92. The summed E-state index contributed by atoms with van der Waals surface area (Å²) in [4.78, 5) is 23.4. The topological polar surface area (TPSA) is 114 Å². The minimum atomic E-state index is -3.68. The lowest BCUT2D eigenvalue weighted by atomic mass is 10.1. The molecule has 0 aliphatic rings. The molecule has 0 heterocycles. The standard InChI is InChI=1S/C21H25N3O6S/c1-15-6-5-7-16(2)21(15)24(31(4,27)28)13-19(25)23-22-12-17-8-10-18(11-9-17)30-14-20(26)29-3/h5-12H,13-14H2,1-4H3,(H,23,25)/b22-12-. The Bertz CT molecular complexity index is 1040. The minimum absolute atomic E-state index is 0.197. The third kappa shape index (κ3) is 7.10. The van der Waals surface area contributed by atoms with Crippen LogP contribution in [0.25, 0.3) is 0 Å². The summed E-state index contributed by atoms with van der Waals surface area (Å²) in [6.07, 6.45) is 2.46. The number of benzene rings is 2. The molecule has 0 atom stereocenters. The van der Waals surface area contributed by atoms with E-state index in [1.165, 1.54) is 13.3 Å². The van der Waals surface area contributed by atoms with Crippen LogP contribution in [0.15, 0.2) is 47.6 Å². The molecule has 0 aliphatic carbocycles. The maximum atomic E-state index is 12.3. The molecule has 31 heavy (non-hydrogen) atoms. The van der Waals surface area contributed by atoms with Gasteiger partial charge in [-0.1, -0.05) is 18.2 Å². The van der Waals surface area contributed by atoms with Crippen LogP contribution in [0.3, 0.4) is 0 Å². The molecule has 0 fully saturated rings. The highest BCUT2D eigenvalue weighted by Crippen LogP contribution is 2.26. The number of para-hydroxylation sites is 1. The van der Waals surface area contributed by atoms with E-state index in [2.05, 4.69) is 15.3 Å². The summed E-state index contributed by atoms with van der Waals surface area (Å²) < 4.78 is 35.4. The van der Waals surface area contributed by atoms with Crippen molar-refractivity contribution in [2.24, 2.45) is 5.10 Å². The van der Waals surface area contributed by atoms with E-state index in [0.717, 1.165) is 21.7 Å². The van der Waals surface area contributed by atoms with Crippen LogP contribution in [0.1, 0.15) is 16.7 Å². The molecule has 0 aromatic heterocycles. The Hall–Kier alpha value is -3.40. The number of carbonyl (C=O) groups is 2. The van der Waals surface area contributed by atoms with Crippen LogP contribution in [-0.2, 0) is 24.3 Å². The number of rotatable bonds is 9. The van der Waals surface area contributed by atoms with Crippen LogP contribution in [0.4, 0.5) is 5.69 Å². The molecule has 2 rings (SSSR count). The van der Waals surface area contributed by atoms with Gasteiger partial charge in [-0.15, -0.1) is 0 Å².